The predicted molar refractivity (Wildman–Crippen MR) is 91.2 cm³/mol. The van der Waals surface area contributed by atoms with Crippen LogP contribution in [0.2, 0.25) is 0 Å². The molecule has 3 aliphatic rings. The lowest BCUT2D eigenvalue weighted by Gasteiger charge is -2.17. The molecule has 7 heteroatoms. The highest BCUT2D eigenvalue weighted by molar-refractivity contribution is 7.99. The van der Waals surface area contributed by atoms with Crippen molar-refractivity contribution in [3.8, 4) is 5.88 Å². The number of aromatic nitrogens is 1. The number of carbonyl (C=O) groups excluding carboxylic acids is 2. The normalized spacial score (nSPS) is 26.7. The van der Waals surface area contributed by atoms with E-state index in [-0.39, 0.29) is 24.0 Å². The monoisotopic (exact) mass is 347 g/mol. The molecule has 2 amide bonds. The fraction of sp³-hybridized carbons (Fsp3) is 0.588. The van der Waals surface area contributed by atoms with Crippen LogP contribution in [0.15, 0.2) is 18.3 Å². The first-order valence-corrected chi connectivity index (χ1v) is 9.66. The van der Waals surface area contributed by atoms with Gasteiger partial charge in [-0.2, -0.15) is 11.8 Å². The van der Waals surface area contributed by atoms with Crippen molar-refractivity contribution >= 4 is 23.6 Å². The highest BCUT2D eigenvalue weighted by atomic mass is 32.2. The lowest BCUT2D eigenvalue weighted by Crippen LogP contribution is -2.38. The van der Waals surface area contributed by atoms with E-state index in [0.717, 1.165) is 30.8 Å². The largest absolute Gasteiger partial charge is 0.473 e. The van der Waals surface area contributed by atoms with Crippen molar-refractivity contribution < 1.29 is 14.3 Å². The predicted octanol–water partition coefficient (Wildman–Crippen LogP) is 1.46. The third kappa shape index (κ3) is 3.36. The van der Waals surface area contributed by atoms with Crippen molar-refractivity contribution in [3.63, 3.8) is 0 Å². The van der Waals surface area contributed by atoms with Crippen molar-refractivity contribution in [2.75, 3.05) is 18.1 Å². The van der Waals surface area contributed by atoms with Gasteiger partial charge in [-0.3, -0.25) is 9.59 Å². The Morgan fingerprint density at radius 2 is 2.25 bits per heavy atom. The maximum Gasteiger partial charge on any atom is 0.257 e. The molecule has 24 heavy (non-hydrogen) atoms. The lowest BCUT2D eigenvalue weighted by atomic mass is 10.2. The number of amides is 2. The Morgan fingerprint density at radius 1 is 1.38 bits per heavy atom. The Balaban J connectivity index is 1.41. The van der Waals surface area contributed by atoms with Crippen LogP contribution in [0.4, 0.5) is 0 Å². The molecule has 128 valence electrons. The Bertz CT molecular complexity index is 644. The summed E-state index contributed by atoms with van der Waals surface area (Å²) < 4.78 is 5.91. The van der Waals surface area contributed by atoms with Gasteiger partial charge < -0.3 is 15.0 Å². The van der Waals surface area contributed by atoms with E-state index in [9.17, 15) is 9.59 Å². The van der Waals surface area contributed by atoms with Crippen LogP contribution >= 0.6 is 11.8 Å². The molecule has 2 aliphatic heterocycles. The van der Waals surface area contributed by atoms with Gasteiger partial charge in [-0.25, -0.2) is 4.98 Å². The third-order valence-electron chi connectivity index (χ3n) is 4.66. The summed E-state index contributed by atoms with van der Waals surface area (Å²) in [5.41, 5.74) is 0.451. The second kappa shape index (κ2) is 6.63. The van der Waals surface area contributed by atoms with Crippen LogP contribution in [0.1, 0.15) is 36.0 Å². The van der Waals surface area contributed by atoms with Crippen molar-refractivity contribution in [2.24, 2.45) is 0 Å². The van der Waals surface area contributed by atoms with Gasteiger partial charge in [-0.1, -0.05) is 0 Å². The van der Waals surface area contributed by atoms with Crippen molar-refractivity contribution in [2.45, 2.75) is 43.9 Å². The number of ether oxygens (including phenoxy) is 1. The quantitative estimate of drug-likeness (QED) is 0.873. The number of nitrogens with zero attached hydrogens (tertiary/aromatic N) is 2. The number of pyridine rings is 1. The van der Waals surface area contributed by atoms with Gasteiger partial charge in [0.1, 0.15) is 11.7 Å². The summed E-state index contributed by atoms with van der Waals surface area (Å²) in [6, 6.07) is 3.74. The van der Waals surface area contributed by atoms with Crippen molar-refractivity contribution in [1.82, 2.24) is 15.2 Å². The molecule has 2 atom stereocenters. The van der Waals surface area contributed by atoms with Crippen molar-refractivity contribution in [3.05, 3.63) is 23.9 Å². The zero-order valence-corrected chi connectivity index (χ0v) is 14.3. The van der Waals surface area contributed by atoms with E-state index in [1.165, 1.54) is 0 Å². The topological polar surface area (TPSA) is 71.5 Å². The third-order valence-corrected chi connectivity index (χ3v) is 5.80. The smallest absolute Gasteiger partial charge is 0.257 e. The number of thioether (sulfide) groups is 1. The summed E-state index contributed by atoms with van der Waals surface area (Å²) in [6.07, 6.45) is 5.31. The van der Waals surface area contributed by atoms with Crippen LogP contribution in [0, 0.1) is 0 Å². The Labute approximate surface area is 145 Å². The molecule has 1 saturated carbocycles. The van der Waals surface area contributed by atoms with Gasteiger partial charge in [0.05, 0.1) is 6.04 Å². The number of nitrogens with one attached hydrogen (secondary N) is 1. The van der Waals surface area contributed by atoms with E-state index in [2.05, 4.69) is 10.3 Å². The van der Waals surface area contributed by atoms with Crippen LogP contribution in [-0.4, -0.2) is 57.9 Å². The van der Waals surface area contributed by atoms with Gasteiger partial charge >= 0.3 is 0 Å². The summed E-state index contributed by atoms with van der Waals surface area (Å²) >= 11 is 1.85. The standard InChI is InChI=1S/C17H21N3O3S/c21-15-8-11(9-20(15)12-3-4-12)19-16(22)14-2-1-6-18-17(14)23-13-5-7-24-10-13/h1-2,6,11-13H,3-5,7-10H2,(H,19,22). The number of hydrogen-bond donors (Lipinski definition) is 1. The molecule has 2 unspecified atom stereocenters. The molecule has 4 rings (SSSR count). The minimum absolute atomic E-state index is 0.120. The van der Waals surface area contributed by atoms with E-state index >= 15 is 0 Å². The maximum atomic E-state index is 12.6. The molecule has 1 N–H and O–H groups in total. The Kier molecular flexibility index (Phi) is 4.35. The Hall–Kier alpha value is -1.76. The van der Waals surface area contributed by atoms with E-state index in [0.29, 0.717) is 30.5 Å². The molecule has 3 heterocycles. The maximum absolute atomic E-state index is 12.6. The molecule has 3 fully saturated rings. The highest BCUT2D eigenvalue weighted by Gasteiger charge is 2.40. The second-order valence-electron chi connectivity index (χ2n) is 6.61. The first kappa shape index (κ1) is 15.7. The molecule has 6 nitrogen and oxygen atoms in total. The molecule has 0 bridgehead atoms. The first-order valence-electron chi connectivity index (χ1n) is 8.50. The zero-order valence-electron chi connectivity index (χ0n) is 13.4. The number of likely N-dealkylation sites (tertiary alicyclic amines) is 1. The van der Waals surface area contributed by atoms with Gasteiger partial charge in [-0.15, -0.1) is 0 Å². The molecule has 1 aromatic rings. The van der Waals surface area contributed by atoms with Crippen LogP contribution in [-0.2, 0) is 4.79 Å². The molecule has 0 aromatic carbocycles. The van der Waals surface area contributed by atoms with Crippen LogP contribution in [0.25, 0.3) is 0 Å². The average Bonchev–Trinajstić information content (AvgIpc) is 3.17. The average molecular weight is 347 g/mol. The lowest BCUT2D eigenvalue weighted by molar-refractivity contribution is -0.128. The van der Waals surface area contributed by atoms with E-state index < -0.39 is 0 Å². The van der Waals surface area contributed by atoms with E-state index in [1.807, 2.05) is 16.7 Å². The number of hydrogen-bond acceptors (Lipinski definition) is 5. The van der Waals surface area contributed by atoms with Crippen molar-refractivity contribution in [1.29, 1.82) is 0 Å². The molecular weight excluding hydrogens is 326 g/mol. The van der Waals surface area contributed by atoms with Crippen LogP contribution in [0.5, 0.6) is 5.88 Å². The number of carbonyl (C=O) groups is 2. The van der Waals surface area contributed by atoms with Gasteiger partial charge in [-0.05, 0) is 37.1 Å². The highest BCUT2D eigenvalue weighted by Crippen LogP contribution is 2.31. The molecule has 2 saturated heterocycles. The minimum atomic E-state index is -0.209. The zero-order chi connectivity index (χ0) is 16.5. The molecule has 1 aromatic heterocycles. The summed E-state index contributed by atoms with van der Waals surface area (Å²) in [7, 11) is 0. The molecular formula is C17H21N3O3S. The van der Waals surface area contributed by atoms with E-state index in [1.54, 1.807) is 18.3 Å². The van der Waals surface area contributed by atoms with Gasteiger partial charge in [0.25, 0.3) is 5.91 Å². The molecule has 1 aliphatic carbocycles. The first-order chi connectivity index (χ1) is 11.7. The fourth-order valence-corrected chi connectivity index (χ4v) is 4.35. The van der Waals surface area contributed by atoms with Crippen LogP contribution < -0.4 is 10.1 Å². The summed E-state index contributed by atoms with van der Waals surface area (Å²) in [4.78, 5) is 30.8. The van der Waals surface area contributed by atoms with Gasteiger partial charge in [0, 0.05) is 31.0 Å². The number of rotatable bonds is 5. The van der Waals surface area contributed by atoms with E-state index in [4.69, 9.17) is 4.74 Å². The second-order valence-corrected chi connectivity index (χ2v) is 7.76. The molecule has 0 spiro atoms. The summed E-state index contributed by atoms with van der Waals surface area (Å²) in [5, 5.41) is 2.98. The van der Waals surface area contributed by atoms with Crippen LogP contribution in [0.3, 0.4) is 0 Å². The van der Waals surface area contributed by atoms with Gasteiger partial charge in [0.15, 0.2) is 0 Å². The summed E-state index contributed by atoms with van der Waals surface area (Å²) in [6.45, 7) is 0.616. The Morgan fingerprint density at radius 3 is 3.00 bits per heavy atom. The molecule has 0 radical (unpaired) electrons. The summed E-state index contributed by atoms with van der Waals surface area (Å²) in [5.74, 6) is 2.35. The van der Waals surface area contributed by atoms with Gasteiger partial charge in [0.2, 0.25) is 11.8 Å². The minimum Gasteiger partial charge on any atom is -0.473 e. The SMILES string of the molecule is O=C(NC1CC(=O)N(C2CC2)C1)c1cccnc1OC1CCSC1. The fourth-order valence-electron chi connectivity index (χ4n) is 3.25.